The van der Waals surface area contributed by atoms with Crippen molar-refractivity contribution in [1.82, 2.24) is 9.37 Å². The summed E-state index contributed by atoms with van der Waals surface area (Å²) in [6.45, 7) is 10.5. The normalized spacial score (nSPS) is 49.4. The fraction of sp³-hybridized carbons (Fsp3) is 1.00. The van der Waals surface area contributed by atoms with Crippen molar-refractivity contribution in [2.24, 2.45) is 16.7 Å². The lowest BCUT2D eigenvalue weighted by Gasteiger charge is -2.45. The molecule has 4 bridgehead atoms. The highest BCUT2D eigenvalue weighted by Gasteiger charge is 2.65. The summed E-state index contributed by atoms with van der Waals surface area (Å²) in [6.07, 6.45) is 4.10. The second-order valence-electron chi connectivity index (χ2n) is 7.65. The smallest absolute Gasteiger partial charge is 0.0821 e. The largest absolute Gasteiger partial charge is 0.379 e. The molecule has 0 radical (unpaired) electrons. The number of hydrogen-bond acceptors (Lipinski definition) is 5. The maximum absolute atomic E-state index is 6.22. The van der Waals surface area contributed by atoms with Gasteiger partial charge in [0.05, 0.1) is 19.8 Å². The zero-order chi connectivity index (χ0) is 14.5. The molecule has 2 aliphatic heterocycles. The van der Waals surface area contributed by atoms with Gasteiger partial charge in [0.15, 0.2) is 0 Å². The van der Waals surface area contributed by atoms with Crippen LogP contribution in [0.2, 0.25) is 0 Å². The molecule has 120 valence electrons. The number of hydrogen-bond donors (Lipinski definition) is 0. The van der Waals surface area contributed by atoms with Crippen LogP contribution in [0.4, 0.5) is 0 Å². The molecule has 4 nitrogen and oxygen atoms in total. The molecule has 0 aromatic rings. The summed E-state index contributed by atoms with van der Waals surface area (Å²) in [7, 11) is 0. The van der Waals surface area contributed by atoms with Crippen LogP contribution in [0.3, 0.4) is 0 Å². The summed E-state index contributed by atoms with van der Waals surface area (Å²) in [5.74, 6) is 2.12. The minimum atomic E-state index is 0.412. The van der Waals surface area contributed by atoms with E-state index in [9.17, 15) is 0 Å². The van der Waals surface area contributed by atoms with Gasteiger partial charge in [-0.3, -0.25) is 4.84 Å². The highest BCUT2D eigenvalue weighted by molar-refractivity contribution is 7.97. The highest BCUT2D eigenvalue weighted by Crippen LogP contribution is 2.68. The van der Waals surface area contributed by atoms with Gasteiger partial charge >= 0.3 is 0 Å². The van der Waals surface area contributed by atoms with Crippen molar-refractivity contribution >= 4 is 11.9 Å². The van der Waals surface area contributed by atoms with Gasteiger partial charge in [0.1, 0.15) is 0 Å². The predicted molar refractivity (Wildman–Crippen MR) is 84.9 cm³/mol. The van der Waals surface area contributed by atoms with E-state index < -0.39 is 0 Å². The quantitative estimate of drug-likeness (QED) is 0.640. The second-order valence-corrected chi connectivity index (χ2v) is 8.72. The molecule has 2 saturated heterocycles. The van der Waals surface area contributed by atoms with E-state index in [0.29, 0.717) is 16.9 Å². The standard InChI is InChI=1S/C16H28N2O2S/c1-15(2)13-3-4-16(15)12-21-17-5-8-19-9-7-18(14(16)11-13)20-10-6-17/h13-14H,3-12H2,1-2H3. The molecule has 4 rings (SSSR count). The van der Waals surface area contributed by atoms with E-state index >= 15 is 0 Å². The Morgan fingerprint density at radius 2 is 1.90 bits per heavy atom. The number of ether oxygens (including phenoxy) is 1. The third-order valence-corrected chi connectivity index (χ3v) is 8.15. The molecule has 0 aromatic heterocycles. The summed E-state index contributed by atoms with van der Waals surface area (Å²) in [6, 6.07) is 0.584. The molecule has 0 N–H and O–H groups in total. The van der Waals surface area contributed by atoms with E-state index in [-0.39, 0.29) is 0 Å². The van der Waals surface area contributed by atoms with Crippen LogP contribution in [0.15, 0.2) is 0 Å². The van der Waals surface area contributed by atoms with Gasteiger partial charge in [-0.15, -0.1) is 0 Å². The Kier molecular flexibility index (Phi) is 3.78. The van der Waals surface area contributed by atoms with Gasteiger partial charge in [-0.05, 0) is 30.6 Å². The number of hydroxylamine groups is 2. The lowest BCUT2D eigenvalue weighted by molar-refractivity contribution is -0.217. The third kappa shape index (κ3) is 2.19. The van der Waals surface area contributed by atoms with Gasteiger partial charge < -0.3 is 4.74 Å². The van der Waals surface area contributed by atoms with Crippen LogP contribution in [0.5, 0.6) is 0 Å². The van der Waals surface area contributed by atoms with E-state index in [1.807, 2.05) is 0 Å². The van der Waals surface area contributed by atoms with Gasteiger partial charge in [-0.2, -0.15) is 5.06 Å². The highest BCUT2D eigenvalue weighted by atomic mass is 32.2. The van der Waals surface area contributed by atoms with E-state index in [1.165, 1.54) is 25.0 Å². The first-order chi connectivity index (χ1) is 10.1. The summed E-state index contributed by atoms with van der Waals surface area (Å²) >= 11 is 2.06. The van der Waals surface area contributed by atoms with Crippen molar-refractivity contribution in [1.29, 1.82) is 0 Å². The molecular weight excluding hydrogens is 284 g/mol. The minimum Gasteiger partial charge on any atom is -0.379 e. The van der Waals surface area contributed by atoms with Crippen LogP contribution in [-0.2, 0) is 9.57 Å². The van der Waals surface area contributed by atoms with E-state index in [1.54, 1.807) is 0 Å². The van der Waals surface area contributed by atoms with Gasteiger partial charge in [0, 0.05) is 36.8 Å². The van der Waals surface area contributed by atoms with Crippen molar-refractivity contribution in [2.45, 2.75) is 39.2 Å². The maximum atomic E-state index is 6.22. The molecule has 4 fully saturated rings. The van der Waals surface area contributed by atoms with Crippen molar-refractivity contribution < 1.29 is 9.57 Å². The lowest BCUT2D eigenvalue weighted by atomic mass is 9.69. The molecule has 2 saturated carbocycles. The van der Waals surface area contributed by atoms with E-state index in [4.69, 9.17) is 9.57 Å². The van der Waals surface area contributed by atoms with Crippen molar-refractivity contribution in [2.75, 3.05) is 45.2 Å². The Morgan fingerprint density at radius 3 is 2.76 bits per heavy atom. The molecule has 2 heterocycles. The number of rotatable bonds is 0. The molecular formula is C16H28N2O2S. The lowest BCUT2D eigenvalue weighted by Crippen LogP contribution is -2.51. The molecule has 0 amide bonds. The topological polar surface area (TPSA) is 24.9 Å². The fourth-order valence-corrected chi connectivity index (χ4v) is 6.74. The SMILES string of the molecule is CC1(C)C2CCC13CSN1CCOCCN(OCC1)C3C2. The molecule has 5 heteroatoms. The third-order valence-electron chi connectivity index (χ3n) is 6.78. The zero-order valence-electron chi connectivity index (χ0n) is 13.3. The average Bonchev–Trinajstić information content (AvgIpc) is 2.86. The Morgan fingerprint density at radius 1 is 1.10 bits per heavy atom. The van der Waals surface area contributed by atoms with Crippen molar-refractivity contribution in [3.05, 3.63) is 0 Å². The summed E-state index contributed by atoms with van der Waals surface area (Å²) in [4.78, 5) is 6.22. The van der Waals surface area contributed by atoms with Gasteiger partial charge in [-0.1, -0.05) is 25.8 Å². The number of fused-ring (bicyclic) bond motifs is 6. The Bertz CT molecular complexity index is 406. The average molecular weight is 312 g/mol. The van der Waals surface area contributed by atoms with Gasteiger partial charge in [-0.25, -0.2) is 4.31 Å². The van der Waals surface area contributed by atoms with Gasteiger partial charge in [0.2, 0.25) is 0 Å². The molecule has 0 aromatic carbocycles. The van der Waals surface area contributed by atoms with Crippen LogP contribution in [0.1, 0.15) is 33.1 Å². The Hall–Kier alpha value is 0.190. The van der Waals surface area contributed by atoms with E-state index in [2.05, 4.69) is 35.2 Å². The predicted octanol–water partition coefficient (Wildman–Crippen LogP) is 2.41. The van der Waals surface area contributed by atoms with Crippen LogP contribution < -0.4 is 0 Å². The molecule has 5 unspecified atom stereocenters. The van der Waals surface area contributed by atoms with Crippen LogP contribution >= 0.6 is 11.9 Å². The molecule has 5 atom stereocenters. The Balaban J connectivity index is 1.70. The number of nitrogens with zero attached hydrogens (tertiary/aromatic N) is 2. The first-order valence-electron chi connectivity index (χ1n) is 8.49. The van der Waals surface area contributed by atoms with Crippen molar-refractivity contribution in [3.63, 3.8) is 0 Å². The van der Waals surface area contributed by atoms with Crippen LogP contribution in [0, 0.1) is 16.7 Å². The minimum absolute atomic E-state index is 0.412. The summed E-state index contributed by atoms with van der Waals surface area (Å²) in [5.41, 5.74) is 0.854. The van der Waals surface area contributed by atoms with Crippen molar-refractivity contribution in [3.8, 4) is 0 Å². The van der Waals surface area contributed by atoms with Gasteiger partial charge in [0.25, 0.3) is 0 Å². The maximum Gasteiger partial charge on any atom is 0.0821 e. The molecule has 4 aliphatic rings. The first kappa shape index (κ1) is 14.8. The summed E-state index contributed by atoms with van der Waals surface area (Å²) < 4.78 is 8.28. The first-order valence-corrected chi connectivity index (χ1v) is 9.43. The van der Waals surface area contributed by atoms with E-state index in [0.717, 1.165) is 45.4 Å². The molecule has 2 aliphatic carbocycles. The van der Waals surface area contributed by atoms with Crippen LogP contribution in [-0.4, -0.2) is 60.6 Å². The fourth-order valence-electron chi connectivity index (χ4n) is 5.21. The molecule has 21 heavy (non-hydrogen) atoms. The molecule has 1 spiro atoms. The zero-order valence-corrected chi connectivity index (χ0v) is 14.2. The summed E-state index contributed by atoms with van der Waals surface area (Å²) in [5, 5.41) is 2.32. The van der Waals surface area contributed by atoms with Crippen LogP contribution in [0.25, 0.3) is 0 Å². The Labute approximate surface area is 132 Å². The second kappa shape index (κ2) is 5.38. The monoisotopic (exact) mass is 312 g/mol.